The summed E-state index contributed by atoms with van der Waals surface area (Å²) < 4.78 is 37.8. The molecule has 0 bridgehead atoms. The minimum Gasteiger partial charge on any atom is -0.353 e. The second-order valence-electron chi connectivity index (χ2n) is 6.21. The fourth-order valence-electron chi connectivity index (χ4n) is 2.77. The summed E-state index contributed by atoms with van der Waals surface area (Å²) in [5.74, 6) is 0.0313. The molecule has 0 saturated carbocycles. The van der Waals surface area contributed by atoms with Gasteiger partial charge in [0.1, 0.15) is 5.69 Å². The van der Waals surface area contributed by atoms with Gasteiger partial charge in [0, 0.05) is 30.3 Å². The highest BCUT2D eigenvalue weighted by Crippen LogP contribution is 2.30. The molecular formula is C17H18F3N5O2. The van der Waals surface area contributed by atoms with Crippen molar-refractivity contribution in [1.82, 2.24) is 20.8 Å². The summed E-state index contributed by atoms with van der Waals surface area (Å²) in [6.45, 7) is 0.419. The summed E-state index contributed by atoms with van der Waals surface area (Å²) in [7, 11) is 0. The first-order chi connectivity index (χ1) is 12.8. The van der Waals surface area contributed by atoms with Gasteiger partial charge in [0.2, 0.25) is 5.91 Å². The van der Waals surface area contributed by atoms with Crippen molar-refractivity contribution in [2.75, 3.05) is 11.9 Å². The van der Waals surface area contributed by atoms with Gasteiger partial charge in [-0.3, -0.25) is 9.89 Å². The number of carbonyl (C=O) groups is 2. The molecule has 4 N–H and O–H groups in total. The van der Waals surface area contributed by atoms with Gasteiger partial charge in [0.05, 0.1) is 5.69 Å². The van der Waals surface area contributed by atoms with E-state index in [0.29, 0.717) is 30.6 Å². The Morgan fingerprint density at radius 1 is 1.26 bits per heavy atom. The minimum atomic E-state index is -4.48. The number of amides is 3. The third kappa shape index (κ3) is 4.99. The number of halogens is 3. The van der Waals surface area contributed by atoms with Crippen molar-refractivity contribution in [2.45, 2.75) is 31.5 Å². The molecule has 3 amide bonds. The molecule has 2 aromatic rings. The van der Waals surface area contributed by atoms with E-state index < -0.39 is 17.9 Å². The fraction of sp³-hybridized carbons (Fsp3) is 0.353. The first-order valence-corrected chi connectivity index (χ1v) is 8.38. The zero-order valence-electron chi connectivity index (χ0n) is 14.2. The molecule has 0 radical (unpaired) electrons. The van der Waals surface area contributed by atoms with Crippen LogP contribution in [0.4, 0.5) is 23.7 Å². The van der Waals surface area contributed by atoms with Crippen LogP contribution in [0, 0.1) is 0 Å². The molecule has 1 aliphatic rings. The quantitative estimate of drug-likeness (QED) is 0.641. The molecule has 0 aliphatic carbocycles. The number of urea groups is 1. The van der Waals surface area contributed by atoms with E-state index in [2.05, 4.69) is 21.0 Å². The maximum atomic E-state index is 12.6. The third-order valence-corrected chi connectivity index (χ3v) is 4.19. The lowest BCUT2D eigenvalue weighted by Crippen LogP contribution is -2.34. The van der Waals surface area contributed by atoms with E-state index in [1.165, 1.54) is 0 Å². The molecule has 1 aromatic carbocycles. The Bertz CT molecular complexity index is 817. The predicted molar refractivity (Wildman–Crippen MR) is 91.8 cm³/mol. The van der Waals surface area contributed by atoms with E-state index in [9.17, 15) is 22.8 Å². The molecule has 2 heterocycles. The molecule has 1 aromatic heterocycles. The van der Waals surface area contributed by atoms with E-state index in [1.54, 1.807) is 24.3 Å². The number of aromatic amines is 1. The summed E-state index contributed by atoms with van der Waals surface area (Å²) in [5, 5.41) is 13.8. The summed E-state index contributed by atoms with van der Waals surface area (Å²) in [6, 6.07) is 6.91. The Labute approximate surface area is 152 Å². The lowest BCUT2D eigenvalue weighted by Gasteiger charge is -2.11. The average Bonchev–Trinajstić information content (AvgIpc) is 3.25. The molecule has 144 valence electrons. The van der Waals surface area contributed by atoms with Crippen LogP contribution in [-0.2, 0) is 11.0 Å². The molecule has 1 saturated heterocycles. The molecule has 3 rings (SSSR count). The second-order valence-corrected chi connectivity index (χ2v) is 6.21. The number of aromatic nitrogens is 2. The third-order valence-electron chi connectivity index (χ3n) is 4.19. The van der Waals surface area contributed by atoms with Gasteiger partial charge in [-0.1, -0.05) is 12.1 Å². The highest BCUT2D eigenvalue weighted by molar-refractivity contribution is 5.89. The van der Waals surface area contributed by atoms with E-state index in [4.69, 9.17) is 0 Å². The first kappa shape index (κ1) is 18.7. The van der Waals surface area contributed by atoms with Crippen LogP contribution in [0.1, 0.15) is 25.0 Å². The Balaban J connectivity index is 1.49. The first-order valence-electron chi connectivity index (χ1n) is 8.38. The Hall–Kier alpha value is -3.04. The number of H-pyrrole nitrogens is 1. The maximum absolute atomic E-state index is 12.6. The summed E-state index contributed by atoms with van der Waals surface area (Å²) in [6.07, 6.45) is -2.54. The number of nitrogens with one attached hydrogen (secondary N) is 4. The zero-order chi connectivity index (χ0) is 19.4. The summed E-state index contributed by atoms with van der Waals surface area (Å²) >= 11 is 0. The molecule has 27 heavy (non-hydrogen) atoms. The molecule has 1 atom stereocenters. The van der Waals surface area contributed by atoms with Crippen molar-refractivity contribution in [2.24, 2.45) is 0 Å². The van der Waals surface area contributed by atoms with E-state index in [1.807, 2.05) is 5.10 Å². The van der Waals surface area contributed by atoms with Gasteiger partial charge in [-0.05, 0) is 31.0 Å². The molecule has 7 nitrogen and oxygen atoms in total. The van der Waals surface area contributed by atoms with Gasteiger partial charge >= 0.3 is 12.2 Å². The number of anilines is 1. The van der Waals surface area contributed by atoms with Gasteiger partial charge < -0.3 is 16.0 Å². The van der Waals surface area contributed by atoms with E-state index >= 15 is 0 Å². The van der Waals surface area contributed by atoms with Crippen molar-refractivity contribution < 1.29 is 22.8 Å². The largest absolute Gasteiger partial charge is 0.432 e. The van der Waals surface area contributed by atoms with Gasteiger partial charge in [-0.2, -0.15) is 18.3 Å². The van der Waals surface area contributed by atoms with Crippen LogP contribution in [0.15, 0.2) is 30.3 Å². The van der Waals surface area contributed by atoms with Crippen LogP contribution in [-0.4, -0.2) is 34.7 Å². The van der Waals surface area contributed by atoms with Crippen LogP contribution in [0.25, 0.3) is 11.3 Å². The summed E-state index contributed by atoms with van der Waals surface area (Å²) in [5.41, 5.74) is 0.233. The second kappa shape index (κ2) is 7.68. The average molecular weight is 381 g/mol. The molecule has 0 spiro atoms. The lowest BCUT2D eigenvalue weighted by atomic mass is 10.1. The van der Waals surface area contributed by atoms with Gasteiger partial charge in [-0.15, -0.1) is 0 Å². The number of benzene rings is 1. The number of hydrogen-bond acceptors (Lipinski definition) is 3. The number of hydrogen-bond donors (Lipinski definition) is 4. The summed E-state index contributed by atoms with van der Waals surface area (Å²) in [4.78, 5) is 23.0. The van der Waals surface area contributed by atoms with Crippen LogP contribution in [0.5, 0.6) is 0 Å². The molecule has 10 heteroatoms. The van der Waals surface area contributed by atoms with Crippen LogP contribution in [0.2, 0.25) is 0 Å². The van der Waals surface area contributed by atoms with Crippen LogP contribution >= 0.6 is 0 Å². The SMILES string of the molecule is O=C1CCC(CCNC(=O)Nc2ccc(-c3cc(C(F)(F)F)[nH]n3)cc2)N1. The number of rotatable bonds is 5. The molecule has 1 aliphatic heterocycles. The lowest BCUT2D eigenvalue weighted by molar-refractivity contribution is -0.141. The molecule has 1 unspecified atom stereocenters. The van der Waals surface area contributed by atoms with Crippen molar-refractivity contribution in [3.63, 3.8) is 0 Å². The normalized spacial score (nSPS) is 16.9. The Morgan fingerprint density at radius 3 is 2.59 bits per heavy atom. The maximum Gasteiger partial charge on any atom is 0.432 e. The van der Waals surface area contributed by atoms with Crippen LogP contribution in [0.3, 0.4) is 0 Å². The van der Waals surface area contributed by atoms with Crippen LogP contribution < -0.4 is 16.0 Å². The highest BCUT2D eigenvalue weighted by atomic mass is 19.4. The Morgan fingerprint density at radius 2 is 2.00 bits per heavy atom. The van der Waals surface area contributed by atoms with Crippen molar-refractivity contribution >= 4 is 17.6 Å². The van der Waals surface area contributed by atoms with Crippen molar-refractivity contribution in [1.29, 1.82) is 0 Å². The van der Waals surface area contributed by atoms with Crippen molar-refractivity contribution in [3.05, 3.63) is 36.0 Å². The number of alkyl halides is 3. The highest BCUT2D eigenvalue weighted by Gasteiger charge is 2.33. The predicted octanol–water partition coefficient (Wildman–Crippen LogP) is 2.89. The van der Waals surface area contributed by atoms with Gasteiger partial charge in [0.25, 0.3) is 0 Å². The number of carbonyl (C=O) groups excluding carboxylic acids is 2. The zero-order valence-corrected chi connectivity index (χ0v) is 14.2. The van der Waals surface area contributed by atoms with E-state index in [0.717, 1.165) is 12.5 Å². The number of nitrogens with zero attached hydrogens (tertiary/aromatic N) is 1. The molecular weight excluding hydrogens is 363 g/mol. The fourth-order valence-corrected chi connectivity index (χ4v) is 2.77. The van der Waals surface area contributed by atoms with Crippen molar-refractivity contribution in [3.8, 4) is 11.3 Å². The topological polar surface area (TPSA) is 98.9 Å². The molecule has 1 fully saturated rings. The van der Waals surface area contributed by atoms with E-state index in [-0.39, 0.29) is 17.6 Å². The van der Waals surface area contributed by atoms with Gasteiger partial charge in [0.15, 0.2) is 0 Å². The van der Waals surface area contributed by atoms with Gasteiger partial charge in [-0.25, -0.2) is 4.79 Å². The smallest absolute Gasteiger partial charge is 0.353 e. The standard InChI is InChI=1S/C17H18F3N5O2/c18-17(19,20)14-9-13(24-25-14)10-1-3-11(4-2-10)23-16(27)21-8-7-12-5-6-15(26)22-12/h1-4,9,12H,5-8H2,(H,22,26)(H,24,25)(H2,21,23,27). The Kier molecular flexibility index (Phi) is 5.33. The minimum absolute atomic E-state index is 0.0313. The monoisotopic (exact) mass is 381 g/mol.